The van der Waals surface area contributed by atoms with Crippen molar-refractivity contribution in [2.24, 2.45) is 5.92 Å². The molecule has 1 aromatic rings. The fourth-order valence-electron chi connectivity index (χ4n) is 2.87. The van der Waals surface area contributed by atoms with Crippen molar-refractivity contribution in [1.82, 2.24) is 0 Å². The molecule has 0 aromatic heterocycles. The van der Waals surface area contributed by atoms with Gasteiger partial charge in [-0.2, -0.15) is 0 Å². The van der Waals surface area contributed by atoms with Crippen LogP contribution in [0.5, 0.6) is 0 Å². The van der Waals surface area contributed by atoms with Crippen molar-refractivity contribution in [3.8, 4) is 0 Å². The van der Waals surface area contributed by atoms with E-state index in [0.717, 1.165) is 12.3 Å². The maximum atomic E-state index is 3.73. The zero-order valence-electron chi connectivity index (χ0n) is 13.9. The molecule has 0 bridgehead atoms. The zero-order valence-corrected chi connectivity index (χ0v) is 18.1. The Morgan fingerprint density at radius 2 is 2.10 bits per heavy atom. The predicted octanol–water partition coefficient (Wildman–Crippen LogP) is 5.46. The van der Waals surface area contributed by atoms with Gasteiger partial charge in [0.1, 0.15) is 0 Å². The third-order valence-electron chi connectivity index (χ3n) is 4.09. The van der Waals surface area contributed by atoms with E-state index in [1.807, 2.05) is 0 Å². The Kier molecular flexibility index (Phi) is 7.59. The summed E-state index contributed by atoms with van der Waals surface area (Å²) in [6.07, 6.45) is 10.6. The molecule has 114 valence electrons. The molecule has 1 aliphatic heterocycles. The third kappa shape index (κ3) is 5.50. The molecule has 0 spiro atoms. The Morgan fingerprint density at radius 1 is 1.33 bits per heavy atom. The summed E-state index contributed by atoms with van der Waals surface area (Å²) in [4.78, 5) is 0. The molecule has 1 heterocycles. The monoisotopic (exact) mass is 508 g/mol. The van der Waals surface area contributed by atoms with Crippen LogP contribution in [0.1, 0.15) is 64.5 Å². The molecule has 0 radical (unpaired) electrons. The third-order valence-corrected chi connectivity index (χ3v) is 4.09. The van der Waals surface area contributed by atoms with Crippen molar-refractivity contribution in [3.63, 3.8) is 0 Å². The van der Waals surface area contributed by atoms with Crippen molar-refractivity contribution >= 4 is 11.8 Å². The molecule has 1 aromatic carbocycles. The second-order valence-electron chi connectivity index (χ2n) is 6.75. The van der Waals surface area contributed by atoms with E-state index in [-0.39, 0.29) is 36.7 Å². The maximum Gasteiger partial charge on any atom is 0.0365 e. The standard InChI is InChI=1S/C19H28N.U/c1-5-7-16-9-10-17-11-13-19(4,20-18(17)14-16)12-6-8-15(2)3;/h9,11,13-15,20H,5-8,12H2,1-4H3;/q-1;. The molecule has 0 aliphatic carbocycles. The van der Waals surface area contributed by atoms with Gasteiger partial charge in [-0.05, 0) is 24.9 Å². The second-order valence-corrected chi connectivity index (χ2v) is 6.75. The molecular formula is C19H28NU-. The van der Waals surface area contributed by atoms with Crippen LogP contribution in [-0.2, 0) is 6.42 Å². The first-order valence-electron chi connectivity index (χ1n) is 8.04. The summed E-state index contributed by atoms with van der Waals surface area (Å²) in [5.41, 5.74) is 3.94. The van der Waals surface area contributed by atoms with E-state index in [9.17, 15) is 0 Å². The smallest absolute Gasteiger partial charge is 0.0365 e. The first-order valence-corrected chi connectivity index (χ1v) is 8.04. The Morgan fingerprint density at radius 3 is 2.76 bits per heavy atom. The number of rotatable bonds is 6. The van der Waals surface area contributed by atoms with E-state index in [1.54, 1.807) is 0 Å². The molecule has 1 aliphatic rings. The van der Waals surface area contributed by atoms with E-state index < -0.39 is 0 Å². The Hall–Kier alpha value is -0.188. The normalized spacial score (nSPS) is 19.9. The van der Waals surface area contributed by atoms with Crippen LogP contribution in [0, 0.1) is 43.1 Å². The van der Waals surface area contributed by atoms with Gasteiger partial charge in [0.15, 0.2) is 0 Å². The number of anilines is 1. The number of hydrogen-bond donors (Lipinski definition) is 1. The molecule has 0 saturated carbocycles. The van der Waals surface area contributed by atoms with E-state index >= 15 is 0 Å². The topological polar surface area (TPSA) is 12.0 Å². The number of nitrogens with one attached hydrogen (secondary N) is 1. The van der Waals surface area contributed by atoms with Gasteiger partial charge in [0.05, 0.1) is 0 Å². The van der Waals surface area contributed by atoms with E-state index in [4.69, 9.17) is 0 Å². The minimum absolute atomic E-state index is 0. The fourth-order valence-corrected chi connectivity index (χ4v) is 2.87. The Bertz CT molecular complexity index is 478. The molecule has 1 N–H and O–H groups in total. The fraction of sp³-hybridized carbons (Fsp3) is 0.579. The number of aryl methyl sites for hydroxylation is 1. The summed E-state index contributed by atoms with van der Waals surface area (Å²) < 4.78 is 0. The van der Waals surface area contributed by atoms with Crippen LogP contribution in [0.25, 0.3) is 6.08 Å². The molecular weight excluding hydrogens is 480 g/mol. The van der Waals surface area contributed by atoms with Crippen LogP contribution in [-0.4, -0.2) is 5.54 Å². The Labute approximate surface area is 154 Å². The van der Waals surface area contributed by atoms with Gasteiger partial charge in [0.2, 0.25) is 0 Å². The molecule has 0 saturated heterocycles. The van der Waals surface area contributed by atoms with Crippen molar-refractivity contribution in [2.75, 3.05) is 5.32 Å². The molecule has 1 nitrogen and oxygen atoms in total. The van der Waals surface area contributed by atoms with E-state index in [1.165, 1.54) is 42.5 Å². The first-order chi connectivity index (χ1) is 9.52. The van der Waals surface area contributed by atoms with E-state index in [0.29, 0.717) is 0 Å². The molecule has 0 fully saturated rings. The first kappa shape index (κ1) is 18.9. The number of hydrogen-bond acceptors (Lipinski definition) is 1. The minimum atomic E-state index is 0. The summed E-state index contributed by atoms with van der Waals surface area (Å²) in [7, 11) is 0. The zero-order chi connectivity index (χ0) is 14.6. The van der Waals surface area contributed by atoms with Crippen molar-refractivity contribution < 1.29 is 31.1 Å². The maximum absolute atomic E-state index is 3.73. The van der Waals surface area contributed by atoms with Crippen LogP contribution in [0.15, 0.2) is 18.2 Å². The molecule has 2 rings (SSSR count). The van der Waals surface area contributed by atoms with Crippen molar-refractivity contribution in [3.05, 3.63) is 35.4 Å². The van der Waals surface area contributed by atoms with Crippen molar-refractivity contribution in [1.29, 1.82) is 0 Å². The Balaban J connectivity index is 0.00000220. The van der Waals surface area contributed by atoms with Gasteiger partial charge >= 0.3 is 0 Å². The molecule has 2 heteroatoms. The predicted molar refractivity (Wildman–Crippen MR) is 89.0 cm³/mol. The van der Waals surface area contributed by atoms with Gasteiger partial charge in [0, 0.05) is 36.7 Å². The minimum Gasteiger partial charge on any atom is -0.416 e. The number of fused-ring (bicyclic) bond motifs is 1. The average Bonchev–Trinajstić information content (AvgIpc) is 2.38. The van der Waals surface area contributed by atoms with Gasteiger partial charge in [-0.3, -0.25) is 0 Å². The van der Waals surface area contributed by atoms with Gasteiger partial charge in [-0.15, -0.1) is 41.5 Å². The second kappa shape index (κ2) is 8.45. The molecule has 21 heavy (non-hydrogen) atoms. The van der Waals surface area contributed by atoms with Crippen LogP contribution >= 0.6 is 0 Å². The van der Waals surface area contributed by atoms with Gasteiger partial charge in [0.25, 0.3) is 0 Å². The van der Waals surface area contributed by atoms with Crippen LogP contribution in [0.2, 0.25) is 0 Å². The largest absolute Gasteiger partial charge is 0.416 e. The molecule has 0 amide bonds. The quantitative estimate of drug-likeness (QED) is 0.503. The summed E-state index contributed by atoms with van der Waals surface area (Å²) in [5.74, 6) is 0.794. The van der Waals surface area contributed by atoms with Crippen LogP contribution in [0.4, 0.5) is 5.69 Å². The molecule has 1 unspecified atom stereocenters. The summed E-state index contributed by atoms with van der Waals surface area (Å²) in [6.45, 7) is 9.13. The van der Waals surface area contributed by atoms with Crippen LogP contribution < -0.4 is 5.32 Å². The molecule has 1 atom stereocenters. The van der Waals surface area contributed by atoms with Crippen LogP contribution in [0.3, 0.4) is 0 Å². The van der Waals surface area contributed by atoms with E-state index in [2.05, 4.69) is 63.4 Å². The SMILES string of the molecule is CCCc1c[c-]c2c(c1)NC(C)(CCCC(C)C)C=C2.[U]. The van der Waals surface area contributed by atoms with Gasteiger partial charge in [-0.1, -0.05) is 46.5 Å². The summed E-state index contributed by atoms with van der Waals surface area (Å²) in [5, 5.41) is 3.73. The average molecular weight is 508 g/mol. The van der Waals surface area contributed by atoms with Gasteiger partial charge < -0.3 is 5.32 Å². The number of benzene rings is 1. The summed E-state index contributed by atoms with van der Waals surface area (Å²) >= 11 is 0. The summed E-state index contributed by atoms with van der Waals surface area (Å²) in [6, 6.07) is 7.84. The van der Waals surface area contributed by atoms with Crippen molar-refractivity contribution in [2.45, 2.75) is 65.3 Å². The van der Waals surface area contributed by atoms with Gasteiger partial charge in [-0.25, -0.2) is 0 Å².